The third-order valence-corrected chi connectivity index (χ3v) is 6.27. The quantitative estimate of drug-likeness (QED) is 0.512. The molecule has 0 spiro atoms. The van der Waals surface area contributed by atoms with Crippen molar-refractivity contribution in [3.63, 3.8) is 0 Å². The molecular formula is C26H30N2O3. The van der Waals surface area contributed by atoms with Crippen LogP contribution in [0.3, 0.4) is 0 Å². The van der Waals surface area contributed by atoms with Crippen molar-refractivity contribution >= 4 is 5.91 Å². The van der Waals surface area contributed by atoms with Gasteiger partial charge in [-0.25, -0.2) is 4.98 Å². The number of aromatic nitrogens is 1. The molecule has 0 radical (unpaired) electrons. The van der Waals surface area contributed by atoms with Crippen LogP contribution < -0.4 is 10.1 Å². The Morgan fingerprint density at radius 3 is 2.61 bits per heavy atom. The van der Waals surface area contributed by atoms with E-state index < -0.39 is 0 Å². The van der Waals surface area contributed by atoms with Crippen LogP contribution in [0.4, 0.5) is 0 Å². The molecule has 31 heavy (non-hydrogen) atoms. The molecule has 1 aliphatic carbocycles. The fourth-order valence-electron chi connectivity index (χ4n) is 4.59. The number of rotatable bonds is 9. The highest BCUT2D eigenvalue weighted by atomic mass is 16.5. The summed E-state index contributed by atoms with van der Waals surface area (Å²) < 4.78 is 11.4. The number of hydrogen-bond donors (Lipinski definition) is 1. The van der Waals surface area contributed by atoms with E-state index in [0.29, 0.717) is 31.7 Å². The SMILES string of the molecule is COc1ccccc1C1(CNC(=O)CCCc2ncc(-c3ccccc3)o2)CCCC1. The maximum Gasteiger partial charge on any atom is 0.220 e. The fourth-order valence-corrected chi connectivity index (χ4v) is 4.59. The number of oxazole rings is 1. The van der Waals surface area contributed by atoms with Crippen LogP contribution in [0.2, 0.25) is 0 Å². The number of nitrogens with one attached hydrogen (secondary N) is 1. The van der Waals surface area contributed by atoms with Gasteiger partial charge in [0, 0.05) is 35.9 Å². The number of hydrogen-bond acceptors (Lipinski definition) is 4. The lowest BCUT2D eigenvalue weighted by Crippen LogP contribution is -2.39. The van der Waals surface area contributed by atoms with Gasteiger partial charge in [0.25, 0.3) is 0 Å². The van der Waals surface area contributed by atoms with Crippen molar-refractivity contribution in [2.45, 2.75) is 50.4 Å². The molecule has 1 aliphatic rings. The third kappa shape index (κ3) is 4.98. The van der Waals surface area contributed by atoms with E-state index in [0.717, 1.165) is 29.9 Å². The van der Waals surface area contributed by atoms with Crippen molar-refractivity contribution < 1.29 is 13.9 Å². The van der Waals surface area contributed by atoms with Crippen molar-refractivity contribution in [2.24, 2.45) is 0 Å². The van der Waals surface area contributed by atoms with Gasteiger partial charge in [-0.05, 0) is 25.3 Å². The van der Waals surface area contributed by atoms with E-state index in [4.69, 9.17) is 9.15 Å². The van der Waals surface area contributed by atoms with Gasteiger partial charge in [-0.3, -0.25) is 4.79 Å². The molecule has 0 atom stereocenters. The van der Waals surface area contributed by atoms with E-state index in [1.54, 1.807) is 13.3 Å². The molecule has 1 fully saturated rings. The number of benzene rings is 2. The molecule has 162 valence electrons. The minimum absolute atomic E-state index is 0.0323. The minimum atomic E-state index is -0.0323. The molecule has 1 amide bonds. The Morgan fingerprint density at radius 1 is 1.10 bits per heavy atom. The van der Waals surface area contributed by atoms with Crippen LogP contribution in [0.5, 0.6) is 5.75 Å². The molecule has 0 unspecified atom stereocenters. The molecular weight excluding hydrogens is 388 g/mol. The highest BCUT2D eigenvalue weighted by Crippen LogP contribution is 2.44. The van der Waals surface area contributed by atoms with Crippen LogP contribution in [0.1, 0.15) is 50.0 Å². The molecule has 4 rings (SSSR count). The maximum atomic E-state index is 12.6. The first-order valence-corrected chi connectivity index (χ1v) is 11.1. The molecule has 2 aromatic carbocycles. The zero-order chi connectivity index (χ0) is 21.5. The van der Waals surface area contributed by atoms with Crippen LogP contribution in [-0.4, -0.2) is 24.5 Å². The van der Waals surface area contributed by atoms with Crippen LogP contribution in [0.25, 0.3) is 11.3 Å². The highest BCUT2D eigenvalue weighted by molar-refractivity contribution is 5.76. The Bertz CT molecular complexity index is 991. The third-order valence-electron chi connectivity index (χ3n) is 6.27. The molecule has 0 saturated heterocycles. The van der Waals surface area contributed by atoms with Crippen molar-refractivity contribution in [3.8, 4) is 17.1 Å². The van der Waals surface area contributed by atoms with Crippen LogP contribution in [0.15, 0.2) is 65.2 Å². The van der Waals surface area contributed by atoms with Gasteiger partial charge in [-0.2, -0.15) is 0 Å². The van der Waals surface area contributed by atoms with Gasteiger partial charge in [-0.15, -0.1) is 0 Å². The predicted octanol–water partition coefficient (Wildman–Crippen LogP) is 5.30. The Balaban J connectivity index is 1.29. The predicted molar refractivity (Wildman–Crippen MR) is 121 cm³/mol. The van der Waals surface area contributed by atoms with E-state index in [9.17, 15) is 4.79 Å². The summed E-state index contributed by atoms with van der Waals surface area (Å²) in [7, 11) is 1.71. The molecule has 1 saturated carbocycles. The van der Waals surface area contributed by atoms with Crippen molar-refractivity contribution in [1.29, 1.82) is 0 Å². The lowest BCUT2D eigenvalue weighted by molar-refractivity contribution is -0.121. The number of para-hydroxylation sites is 1. The fraction of sp³-hybridized carbons (Fsp3) is 0.385. The molecule has 1 aromatic heterocycles. The molecule has 5 nitrogen and oxygen atoms in total. The van der Waals surface area contributed by atoms with E-state index in [1.807, 2.05) is 42.5 Å². The number of aryl methyl sites for hydroxylation is 1. The molecule has 0 aliphatic heterocycles. The largest absolute Gasteiger partial charge is 0.496 e. The molecule has 5 heteroatoms. The Hall–Kier alpha value is -3.08. The molecule has 1 N–H and O–H groups in total. The topological polar surface area (TPSA) is 64.4 Å². The van der Waals surface area contributed by atoms with E-state index in [2.05, 4.69) is 22.4 Å². The summed E-state index contributed by atoms with van der Waals surface area (Å²) in [5.41, 5.74) is 2.19. The summed E-state index contributed by atoms with van der Waals surface area (Å²) in [4.78, 5) is 16.9. The number of amides is 1. The van der Waals surface area contributed by atoms with Gasteiger partial charge in [0.2, 0.25) is 5.91 Å². The van der Waals surface area contributed by atoms with Crippen molar-refractivity contribution in [2.75, 3.05) is 13.7 Å². The first kappa shape index (κ1) is 21.2. The number of methoxy groups -OCH3 is 1. The van der Waals surface area contributed by atoms with Crippen molar-refractivity contribution in [1.82, 2.24) is 10.3 Å². The van der Waals surface area contributed by atoms with Gasteiger partial charge >= 0.3 is 0 Å². The van der Waals surface area contributed by atoms with Gasteiger partial charge in [0.1, 0.15) is 5.75 Å². The Morgan fingerprint density at radius 2 is 1.84 bits per heavy atom. The summed E-state index contributed by atoms with van der Waals surface area (Å²) in [5.74, 6) is 2.43. The van der Waals surface area contributed by atoms with Gasteiger partial charge in [-0.1, -0.05) is 61.4 Å². The number of carbonyl (C=O) groups excluding carboxylic acids is 1. The monoisotopic (exact) mass is 418 g/mol. The number of carbonyl (C=O) groups is 1. The number of ether oxygens (including phenoxy) is 1. The first-order chi connectivity index (χ1) is 15.2. The van der Waals surface area contributed by atoms with E-state index >= 15 is 0 Å². The van der Waals surface area contributed by atoms with Crippen LogP contribution in [0, 0.1) is 0 Å². The Kier molecular flexibility index (Phi) is 6.70. The summed E-state index contributed by atoms with van der Waals surface area (Å²) in [5, 5.41) is 3.19. The average molecular weight is 419 g/mol. The second-order valence-corrected chi connectivity index (χ2v) is 8.30. The maximum absolute atomic E-state index is 12.6. The first-order valence-electron chi connectivity index (χ1n) is 11.1. The summed E-state index contributed by atoms with van der Waals surface area (Å²) in [6.45, 7) is 0.656. The Labute approximate surface area is 183 Å². The standard InChI is InChI=1S/C26H30N2O3/c1-30-22-13-6-5-12-21(22)26(16-7-8-17-26)19-28-24(29)14-9-15-25-27-18-23(31-25)20-10-3-2-4-11-20/h2-6,10-13,18H,7-9,14-17,19H2,1H3,(H,28,29). The second kappa shape index (κ2) is 9.82. The smallest absolute Gasteiger partial charge is 0.220 e. The van der Waals surface area contributed by atoms with Crippen LogP contribution >= 0.6 is 0 Å². The van der Waals surface area contributed by atoms with Gasteiger partial charge < -0.3 is 14.5 Å². The normalized spacial score (nSPS) is 15.0. The van der Waals surface area contributed by atoms with Crippen LogP contribution in [-0.2, 0) is 16.6 Å². The van der Waals surface area contributed by atoms with Crippen molar-refractivity contribution in [3.05, 3.63) is 72.2 Å². The molecule has 0 bridgehead atoms. The number of nitrogens with zero attached hydrogens (tertiary/aromatic N) is 1. The minimum Gasteiger partial charge on any atom is -0.496 e. The zero-order valence-corrected chi connectivity index (χ0v) is 18.1. The summed E-state index contributed by atoms with van der Waals surface area (Å²) in [6, 6.07) is 18.1. The lowest BCUT2D eigenvalue weighted by atomic mass is 9.78. The zero-order valence-electron chi connectivity index (χ0n) is 18.1. The van der Waals surface area contributed by atoms with Gasteiger partial charge in [0.15, 0.2) is 11.7 Å². The molecule has 3 aromatic rings. The average Bonchev–Trinajstić information content (AvgIpc) is 3.49. The summed E-state index contributed by atoms with van der Waals surface area (Å²) >= 11 is 0. The molecule has 1 heterocycles. The lowest BCUT2D eigenvalue weighted by Gasteiger charge is -2.31. The second-order valence-electron chi connectivity index (χ2n) is 8.30. The summed E-state index contributed by atoms with van der Waals surface area (Å²) in [6.07, 6.45) is 8.09. The van der Waals surface area contributed by atoms with Gasteiger partial charge in [0.05, 0.1) is 13.3 Å². The highest BCUT2D eigenvalue weighted by Gasteiger charge is 2.37. The van der Waals surface area contributed by atoms with E-state index in [1.165, 1.54) is 18.4 Å². The van der Waals surface area contributed by atoms with E-state index in [-0.39, 0.29) is 11.3 Å².